The van der Waals surface area contributed by atoms with Crippen LogP contribution in [0.5, 0.6) is 17.4 Å². The zero-order chi connectivity index (χ0) is 19.3. The van der Waals surface area contributed by atoms with E-state index in [1.54, 1.807) is 33.1 Å². The highest BCUT2D eigenvalue weighted by Crippen LogP contribution is 2.30. The molecule has 0 radical (unpaired) electrons. The molecule has 2 rings (SSSR count). The lowest BCUT2D eigenvalue weighted by atomic mass is 10.0. The first-order valence-electron chi connectivity index (χ1n) is 8.21. The lowest BCUT2D eigenvalue weighted by Crippen LogP contribution is -2.17. The zero-order valence-corrected chi connectivity index (χ0v) is 14.9. The third-order valence-corrected chi connectivity index (χ3v) is 3.92. The number of carbonyl (C=O) groups is 1. The standard InChI is InChI=1S/C19H21NO6/c1-4-13(20-10-11-6-8-12(25-3)9-7-11)15-17(22)16(14(21)5-2)19(24)26-18(15)23/h6-9,22,24H,4-5,10H2,1-3H3. The van der Waals surface area contributed by atoms with Crippen molar-refractivity contribution >= 4 is 11.5 Å². The van der Waals surface area contributed by atoms with Gasteiger partial charge in [-0.2, -0.15) is 0 Å². The molecular formula is C19H21NO6. The summed E-state index contributed by atoms with van der Waals surface area (Å²) < 4.78 is 9.83. The molecule has 26 heavy (non-hydrogen) atoms. The summed E-state index contributed by atoms with van der Waals surface area (Å²) in [5.74, 6) is -1.29. The minimum atomic E-state index is -0.942. The Kier molecular flexibility index (Phi) is 6.16. The van der Waals surface area contributed by atoms with E-state index in [-0.39, 0.29) is 24.2 Å². The molecule has 0 fully saturated rings. The summed E-state index contributed by atoms with van der Waals surface area (Å²) in [6, 6.07) is 7.25. The Bertz CT molecular complexity index is 880. The highest BCUT2D eigenvalue weighted by atomic mass is 16.5. The van der Waals surface area contributed by atoms with Gasteiger partial charge in [-0.25, -0.2) is 4.79 Å². The lowest BCUT2D eigenvalue weighted by Gasteiger charge is -2.10. The van der Waals surface area contributed by atoms with Gasteiger partial charge in [-0.1, -0.05) is 26.0 Å². The van der Waals surface area contributed by atoms with Gasteiger partial charge >= 0.3 is 5.63 Å². The summed E-state index contributed by atoms with van der Waals surface area (Å²) in [6.07, 6.45) is 0.373. The van der Waals surface area contributed by atoms with E-state index in [0.717, 1.165) is 5.56 Å². The van der Waals surface area contributed by atoms with Crippen LogP contribution < -0.4 is 10.4 Å². The summed E-state index contributed by atoms with van der Waals surface area (Å²) in [5.41, 5.74) is -0.368. The van der Waals surface area contributed by atoms with E-state index in [2.05, 4.69) is 4.99 Å². The molecule has 0 saturated carbocycles. The van der Waals surface area contributed by atoms with Crippen molar-refractivity contribution in [3.05, 3.63) is 51.4 Å². The van der Waals surface area contributed by atoms with Gasteiger partial charge in [0.05, 0.1) is 19.4 Å². The number of ketones is 1. The number of aromatic hydroxyl groups is 2. The molecule has 2 N–H and O–H groups in total. The summed E-state index contributed by atoms with van der Waals surface area (Å²) in [4.78, 5) is 28.4. The minimum absolute atomic E-state index is 0.0404. The maximum absolute atomic E-state index is 12.1. The molecule has 0 atom stereocenters. The first-order valence-corrected chi connectivity index (χ1v) is 8.21. The molecule has 0 aliphatic heterocycles. The van der Waals surface area contributed by atoms with E-state index in [1.807, 2.05) is 12.1 Å². The summed E-state index contributed by atoms with van der Waals surface area (Å²) >= 11 is 0. The Morgan fingerprint density at radius 2 is 1.77 bits per heavy atom. The van der Waals surface area contributed by atoms with E-state index in [1.165, 1.54) is 0 Å². The number of ether oxygens (including phenoxy) is 1. The molecule has 0 aliphatic rings. The van der Waals surface area contributed by atoms with Crippen molar-refractivity contribution in [2.24, 2.45) is 4.99 Å². The van der Waals surface area contributed by atoms with Crippen molar-refractivity contribution in [1.82, 2.24) is 0 Å². The lowest BCUT2D eigenvalue weighted by molar-refractivity contribution is 0.0976. The molecule has 7 heteroatoms. The highest BCUT2D eigenvalue weighted by molar-refractivity contribution is 6.07. The number of Topliss-reactive ketones (excluding diaryl/α,β-unsaturated/α-hetero) is 1. The maximum atomic E-state index is 12.1. The molecule has 0 bridgehead atoms. The van der Waals surface area contributed by atoms with Gasteiger partial charge in [0.15, 0.2) is 5.78 Å². The van der Waals surface area contributed by atoms with Crippen LogP contribution in [-0.2, 0) is 6.54 Å². The molecule has 0 amide bonds. The van der Waals surface area contributed by atoms with Crippen molar-refractivity contribution < 1.29 is 24.2 Å². The summed E-state index contributed by atoms with van der Waals surface area (Å²) in [6.45, 7) is 3.61. The number of carbonyl (C=O) groups excluding carboxylic acids is 1. The maximum Gasteiger partial charge on any atom is 0.351 e. The molecule has 1 aromatic carbocycles. The van der Waals surface area contributed by atoms with Gasteiger partial charge < -0.3 is 19.4 Å². The Balaban J connectivity index is 2.45. The Morgan fingerprint density at radius 3 is 2.31 bits per heavy atom. The molecule has 7 nitrogen and oxygen atoms in total. The van der Waals surface area contributed by atoms with Crippen molar-refractivity contribution in [2.75, 3.05) is 7.11 Å². The van der Waals surface area contributed by atoms with Gasteiger partial charge in [-0.15, -0.1) is 0 Å². The second kappa shape index (κ2) is 8.33. The quantitative estimate of drug-likeness (QED) is 0.581. The van der Waals surface area contributed by atoms with Crippen LogP contribution in [0.2, 0.25) is 0 Å². The number of aliphatic imine (C=N–C) groups is 1. The van der Waals surface area contributed by atoms with Gasteiger partial charge in [-0.05, 0) is 24.1 Å². The zero-order valence-electron chi connectivity index (χ0n) is 14.9. The van der Waals surface area contributed by atoms with E-state index >= 15 is 0 Å². The van der Waals surface area contributed by atoms with Crippen molar-refractivity contribution in [3.8, 4) is 17.4 Å². The number of nitrogens with zero attached hydrogens (tertiary/aromatic N) is 1. The number of methoxy groups -OCH3 is 1. The first-order chi connectivity index (χ1) is 12.4. The van der Waals surface area contributed by atoms with Crippen LogP contribution in [0, 0.1) is 0 Å². The fourth-order valence-electron chi connectivity index (χ4n) is 2.48. The van der Waals surface area contributed by atoms with E-state index in [0.29, 0.717) is 12.2 Å². The molecule has 2 aromatic rings. The molecule has 138 valence electrons. The monoisotopic (exact) mass is 359 g/mol. The third kappa shape index (κ3) is 3.93. The highest BCUT2D eigenvalue weighted by Gasteiger charge is 2.25. The Morgan fingerprint density at radius 1 is 1.12 bits per heavy atom. The van der Waals surface area contributed by atoms with Gasteiger partial charge in [0, 0.05) is 6.42 Å². The van der Waals surface area contributed by atoms with Crippen LogP contribution in [0.15, 0.2) is 38.5 Å². The number of hydrogen-bond acceptors (Lipinski definition) is 7. The predicted octanol–water partition coefficient (Wildman–Crippen LogP) is 3.05. The molecule has 0 spiro atoms. The van der Waals surface area contributed by atoms with Crippen LogP contribution in [0.25, 0.3) is 0 Å². The molecule has 0 unspecified atom stereocenters. The number of rotatable bonds is 7. The average Bonchev–Trinajstić information content (AvgIpc) is 2.64. The van der Waals surface area contributed by atoms with Crippen molar-refractivity contribution in [3.63, 3.8) is 0 Å². The second-order valence-electron chi connectivity index (χ2n) is 5.53. The minimum Gasteiger partial charge on any atom is -0.506 e. The Labute approximate surface area is 150 Å². The average molecular weight is 359 g/mol. The fourth-order valence-corrected chi connectivity index (χ4v) is 2.48. The molecule has 1 heterocycles. The first kappa shape index (κ1) is 19.2. The van der Waals surface area contributed by atoms with Crippen molar-refractivity contribution in [2.45, 2.75) is 33.2 Å². The Hall–Kier alpha value is -3.09. The van der Waals surface area contributed by atoms with Gasteiger partial charge in [0.1, 0.15) is 22.6 Å². The summed E-state index contributed by atoms with van der Waals surface area (Å²) in [7, 11) is 1.57. The van der Waals surface area contributed by atoms with Crippen molar-refractivity contribution in [1.29, 1.82) is 0 Å². The molecule has 0 saturated heterocycles. The fraction of sp³-hybridized carbons (Fsp3) is 0.316. The predicted molar refractivity (Wildman–Crippen MR) is 96.5 cm³/mol. The molecule has 0 aliphatic carbocycles. The SMILES string of the molecule is CCC(=O)c1c(O)oc(=O)c(C(CC)=NCc2ccc(OC)cc2)c1O. The van der Waals surface area contributed by atoms with E-state index < -0.39 is 28.7 Å². The molecular weight excluding hydrogens is 338 g/mol. The largest absolute Gasteiger partial charge is 0.506 e. The van der Waals surface area contributed by atoms with Gasteiger partial charge in [-0.3, -0.25) is 9.79 Å². The van der Waals surface area contributed by atoms with Crippen LogP contribution in [-0.4, -0.2) is 28.8 Å². The number of hydrogen-bond donors (Lipinski definition) is 2. The normalized spacial score (nSPS) is 11.4. The van der Waals surface area contributed by atoms with E-state index in [4.69, 9.17) is 9.15 Å². The van der Waals surface area contributed by atoms with Gasteiger partial charge in [0.25, 0.3) is 5.95 Å². The second-order valence-corrected chi connectivity index (χ2v) is 5.53. The third-order valence-electron chi connectivity index (χ3n) is 3.92. The molecule has 1 aromatic heterocycles. The smallest absolute Gasteiger partial charge is 0.351 e. The van der Waals surface area contributed by atoms with Crippen LogP contribution >= 0.6 is 0 Å². The number of benzene rings is 1. The topological polar surface area (TPSA) is 109 Å². The van der Waals surface area contributed by atoms with Gasteiger partial charge in [0.2, 0.25) is 0 Å². The van der Waals surface area contributed by atoms with Crippen LogP contribution in [0.3, 0.4) is 0 Å². The van der Waals surface area contributed by atoms with Crippen LogP contribution in [0.4, 0.5) is 0 Å². The summed E-state index contributed by atoms with van der Waals surface area (Å²) in [5, 5.41) is 20.1. The van der Waals surface area contributed by atoms with Crippen LogP contribution in [0.1, 0.15) is 48.2 Å². The van der Waals surface area contributed by atoms with E-state index in [9.17, 15) is 19.8 Å².